The number of anilines is 1. The number of rotatable bonds is 3. The van der Waals surface area contributed by atoms with Crippen LogP contribution in [0.15, 0.2) is 24.3 Å². The highest BCUT2D eigenvalue weighted by molar-refractivity contribution is 5.70. The fraction of sp³-hybridized carbons (Fsp3) is 0.389. The number of aromatic nitrogens is 2. The van der Waals surface area contributed by atoms with Crippen LogP contribution in [0.1, 0.15) is 24.1 Å². The zero-order chi connectivity index (χ0) is 17.3. The molecule has 0 unspecified atom stereocenters. The lowest BCUT2D eigenvalue weighted by Gasteiger charge is -2.32. The van der Waals surface area contributed by atoms with Crippen LogP contribution in [-0.4, -0.2) is 34.1 Å². The molecule has 1 fully saturated rings. The van der Waals surface area contributed by atoms with Gasteiger partial charge < -0.3 is 10.0 Å². The van der Waals surface area contributed by atoms with Crippen LogP contribution in [0.2, 0.25) is 0 Å². The quantitative estimate of drug-likeness (QED) is 0.937. The first kappa shape index (κ1) is 16.4. The molecule has 1 aromatic heterocycles. The average molecular weight is 329 g/mol. The molecular weight excluding hydrogens is 309 g/mol. The Morgan fingerprint density at radius 1 is 1.21 bits per heavy atom. The molecule has 0 atom stereocenters. The van der Waals surface area contributed by atoms with E-state index < -0.39 is 5.97 Å². The van der Waals surface area contributed by atoms with E-state index >= 15 is 0 Å². The van der Waals surface area contributed by atoms with Gasteiger partial charge in [0.15, 0.2) is 5.82 Å². The molecule has 0 aliphatic carbocycles. The van der Waals surface area contributed by atoms with Crippen LogP contribution in [0, 0.1) is 25.6 Å². The maximum Gasteiger partial charge on any atom is 0.306 e. The summed E-state index contributed by atoms with van der Waals surface area (Å²) in [5.41, 5.74) is 2.13. The molecule has 3 rings (SSSR count). The van der Waals surface area contributed by atoms with E-state index in [-0.39, 0.29) is 11.7 Å². The number of aliphatic carboxylic acids is 1. The Bertz CT molecular complexity index is 771. The predicted molar refractivity (Wildman–Crippen MR) is 89.5 cm³/mol. The van der Waals surface area contributed by atoms with Gasteiger partial charge in [-0.15, -0.1) is 0 Å². The van der Waals surface area contributed by atoms with Gasteiger partial charge in [0, 0.05) is 24.3 Å². The van der Waals surface area contributed by atoms with Crippen molar-refractivity contribution in [2.45, 2.75) is 26.7 Å². The molecule has 1 aliphatic rings. The number of aryl methyl sites for hydroxylation is 1. The van der Waals surface area contributed by atoms with Gasteiger partial charge in [0.2, 0.25) is 0 Å². The van der Waals surface area contributed by atoms with Crippen molar-refractivity contribution in [2.75, 3.05) is 18.0 Å². The van der Waals surface area contributed by atoms with Gasteiger partial charge in [0.1, 0.15) is 11.6 Å². The molecule has 0 saturated carbocycles. The molecule has 2 heterocycles. The number of carboxylic acids is 1. The van der Waals surface area contributed by atoms with Gasteiger partial charge in [-0.1, -0.05) is 12.1 Å². The lowest BCUT2D eigenvalue weighted by molar-refractivity contribution is -0.142. The Hall–Kier alpha value is -2.50. The number of carbonyl (C=O) groups is 1. The topological polar surface area (TPSA) is 66.3 Å². The number of piperidine rings is 1. The lowest BCUT2D eigenvalue weighted by Crippen LogP contribution is -2.37. The maximum absolute atomic E-state index is 14.1. The summed E-state index contributed by atoms with van der Waals surface area (Å²) in [6.45, 7) is 5.09. The number of nitrogens with zero attached hydrogens (tertiary/aromatic N) is 3. The molecule has 6 heteroatoms. The molecule has 1 saturated heterocycles. The van der Waals surface area contributed by atoms with Crippen LogP contribution in [0.5, 0.6) is 0 Å². The second-order valence-electron chi connectivity index (χ2n) is 6.16. The number of halogens is 1. The first-order valence-corrected chi connectivity index (χ1v) is 8.05. The third-order valence-electron chi connectivity index (χ3n) is 4.62. The molecule has 24 heavy (non-hydrogen) atoms. The van der Waals surface area contributed by atoms with Crippen molar-refractivity contribution in [3.63, 3.8) is 0 Å². The third kappa shape index (κ3) is 3.09. The average Bonchev–Trinajstić information content (AvgIpc) is 2.58. The van der Waals surface area contributed by atoms with Gasteiger partial charge in [-0.3, -0.25) is 4.79 Å². The van der Waals surface area contributed by atoms with E-state index in [2.05, 4.69) is 14.9 Å². The molecule has 0 radical (unpaired) electrons. The monoisotopic (exact) mass is 329 g/mol. The maximum atomic E-state index is 14.1. The van der Waals surface area contributed by atoms with Crippen molar-refractivity contribution in [3.8, 4) is 11.4 Å². The molecule has 0 bridgehead atoms. The summed E-state index contributed by atoms with van der Waals surface area (Å²) in [6.07, 6.45) is 1.18. The van der Waals surface area contributed by atoms with Crippen molar-refractivity contribution in [1.29, 1.82) is 0 Å². The normalized spacial score (nSPS) is 15.5. The fourth-order valence-corrected chi connectivity index (χ4v) is 3.02. The molecule has 1 N–H and O–H groups in total. The van der Waals surface area contributed by atoms with Crippen LogP contribution in [0.4, 0.5) is 10.2 Å². The minimum Gasteiger partial charge on any atom is -0.481 e. The highest BCUT2D eigenvalue weighted by Gasteiger charge is 2.26. The Morgan fingerprint density at radius 2 is 1.88 bits per heavy atom. The first-order chi connectivity index (χ1) is 11.5. The summed E-state index contributed by atoms with van der Waals surface area (Å²) in [6, 6.07) is 6.46. The second-order valence-corrected chi connectivity index (χ2v) is 6.16. The van der Waals surface area contributed by atoms with Gasteiger partial charge in [-0.05, 0) is 38.8 Å². The molecule has 5 nitrogen and oxygen atoms in total. The van der Waals surface area contributed by atoms with E-state index in [9.17, 15) is 9.18 Å². The molecule has 126 valence electrons. The highest BCUT2D eigenvalue weighted by Crippen LogP contribution is 2.29. The predicted octanol–water partition coefficient (Wildman–Crippen LogP) is 3.20. The number of benzene rings is 1. The van der Waals surface area contributed by atoms with E-state index in [1.54, 1.807) is 18.2 Å². The number of carboxylic acid groups (broad SMARTS) is 1. The van der Waals surface area contributed by atoms with Crippen LogP contribution < -0.4 is 4.90 Å². The van der Waals surface area contributed by atoms with Gasteiger partial charge in [-0.2, -0.15) is 0 Å². The smallest absolute Gasteiger partial charge is 0.306 e. The van der Waals surface area contributed by atoms with Crippen LogP contribution in [0.3, 0.4) is 0 Å². The summed E-state index contributed by atoms with van der Waals surface area (Å²) in [5, 5.41) is 9.13. The molecule has 0 amide bonds. The zero-order valence-electron chi connectivity index (χ0n) is 13.8. The lowest BCUT2D eigenvalue weighted by atomic mass is 9.97. The van der Waals surface area contributed by atoms with Crippen LogP contribution in [-0.2, 0) is 4.79 Å². The fourth-order valence-electron chi connectivity index (χ4n) is 3.02. The van der Waals surface area contributed by atoms with Crippen molar-refractivity contribution in [3.05, 3.63) is 41.3 Å². The largest absolute Gasteiger partial charge is 0.481 e. The van der Waals surface area contributed by atoms with E-state index in [0.29, 0.717) is 37.3 Å². The molecule has 0 spiro atoms. The van der Waals surface area contributed by atoms with Gasteiger partial charge in [0.05, 0.1) is 11.5 Å². The summed E-state index contributed by atoms with van der Waals surface area (Å²) in [7, 11) is 0. The van der Waals surface area contributed by atoms with E-state index in [1.807, 2.05) is 13.8 Å². The van der Waals surface area contributed by atoms with Crippen molar-refractivity contribution in [2.24, 2.45) is 5.92 Å². The first-order valence-electron chi connectivity index (χ1n) is 8.05. The zero-order valence-corrected chi connectivity index (χ0v) is 13.8. The van der Waals surface area contributed by atoms with E-state index in [4.69, 9.17) is 5.11 Å². The molecular formula is C18H20FN3O2. The van der Waals surface area contributed by atoms with E-state index in [1.165, 1.54) is 6.07 Å². The third-order valence-corrected chi connectivity index (χ3v) is 4.62. The summed E-state index contributed by atoms with van der Waals surface area (Å²) < 4.78 is 14.1. The van der Waals surface area contributed by atoms with Gasteiger partial charge in [-0.25, -0.2) is 14.4 Å². The second kappa shape index (κ2) is 6.55. The Kier molecular flexibility index (Phi) is 4.46. The highest BCUT2D eigenvalue weighted by atomic mass is 19.1. The van der Waals surface area contributed by atoms with Crippen molar-refractivity contribution < 1.29 is 14.3 Å². The molecule has 1 aromatic carbocycles. The Labute approximate surface area is 140 Å². The number of hydrogen-bond donors (Lipinski definition) is 1. The minimum atomic E-state index is -0.739. The Balaban J connectivity index is 1.94. The van der Waals surface area contributed by atoms with Crippen molar-refractivity contribution in [1.82, 2.24) is 9.97 Å². The standard InChI is InChI=1S/C18H20FN3O2/c1-11-12(2)20-16(14-5-3-4-6-15(14)19)21-17(11)22-9-7-13(8-10-22)18(23)24/h3-6,13H,7-10H2,1-2H3,(H,23,24). The summed E-state index contributed by atoms with van der Waals surface area (Å²) >= 11 is 0. The summed E-state index contributed by atoms with van der Waals surface area (Å²) in [4.78, 5) is 22.2. The van der Waals surface area contributed by atoms with Crippen molar-refractivity contribution >= 4 is 11.8 Å². The van der Waals surface area contributed by atoms with Crippen LogP contribution in [0.25, 0.3) is 11.4 Å². The summed E-state index contributed by atoms with van der Waals surface area (Å²) in [5.74, 6) is -0.250. The van der Waals surface area contributed by atoms with Gasteiger partial charge >= 0.3 is 5.97 Å². The van der Waals surface area contributed by atoms with Crippen LogP contribution >= 0.6 is 0 Å². The minimum absolute atomic E-state index is 0.296. The number of hydrogen-bond acceptors (Lipinski definition) is 4. The molecule has 1 aliphatic heterocycles. The SMILES string of the molecule is Cc1nc(-c2ccccc2F)nc(N2CCC(C(=O)O)CC2)c1C. The molecule has 2 aromatic rings. The Morgan fingerprint density at radius 3 is 2.50 bits per heavy atom. The van der Waals surface area contributed by atoms with E-state index in [0.717, 1.165) is 17.1 Å². The van der Waals surface area contributed by atoms with Gasteiger partial charge in [0.25, 0.3) is 0 Å².